The standard InChI is InChI=1S/C18H17N5O2/c1-25-15-6-4-13(5-7-15)18(24)22-9-10-23-16(12-22)20-21-17(23)14-3-2-8-19-11-14/h2-8,11H,9-10,12H2,1H3. The monoisotopic (exact) mass is 335 g/mol. The topological polar surface area (TPSA) is 73.1 Å². The molecule has 3 aromatic rings. The fourth-order valence-corrected chi connectivity index (χ4v) is 2.96. The highest BCUT2D eigenvalue weighted by molar-refractivity contribution is 5.94. The average molecular weight is 335 g/mol. The van der Waals surface area contributed by atoms with Crippen LogP contribution < -0.4 is 4.74 Å². The number of carbonyl (C=O) groups excluding carboxylic acids is 1. The third-order valence-electron chi connectivity index (χ3n) is 4.30. The summed E-state index contributed by atoms with van der Waals surface area (Å²) in [5.74, 6) is 2.29. The zero-order chi connectivity index (χ0) is 17.2. The molecule has 0 atom stereocenters. The maximum Gasteiger partial charge on any atom is 0.254 e. The van der Waals surface area contributed by atoms with Gasteiger partial charge in [-0.2, -0.15) is 0 Å². The third kappa shape index (κ3) is 2.84. The minimum atomic E-state index is -0.0140. The van der Waals surface area contributed by atoms with E-state index in [-0.39, 0.29) is 5.91 Å². The van der Waals surface area contributed by atoms with E-state index in [0.29, 0.717) is 25.2 Å². The number of hydrogen-bond donors (Lipinski definition) is 0. The Morgan fingerprint density at radius 1 is 1.12 bits per heavy atom. The molecule has 0 unspecified atom stereocenters. The number of fused-ring (bicyclic) bond motifs is 1. The van der Waals surface area contributed by atoms with Gasteiger partial charge in [-0.25, -0.2) is 0 Å². The maximum atomic E-state index is 12.7. The third-order valence-corrected chi connectivity index (χ3v) is 4.30. The summed E-state index contributed by atoms with van der Waals surface area (Å²) in [4.78, 5) is 18.6. The van der Waals surface area contributed by atoms with Crippen molar-refractivity contribution >= 4 is 5.91 Å². The number of carbonyl (C=O) groups is 1. The van der Waals surface area contributed by atoms with Crippen LogP contribution >= 0.6 is 0 Å². The Labute approximate surface area is 144 Å². The van der Waals surface area contributed by atoms with Gasteiger partial charge in [0.25, 0.3) is 5.91 Å². The summed E-state index contributed by atoms with van der Waals surface area (Å²) < 4.78 is 7.18. The molecular formula is C18H17N5O2. The minimum absolute atomic E-state index is 0.0140. The van der Waals surface area contributed by atoms with Gasteiger partial charge in [0, 0.05) is 36.6 Å². The highest BCUT2D eigenvalue weighted by Gasteiger charge is 2.25. The van der Waals surface area contributed by atoms with Gasteiger partial charge in [-0.1, -0.05) is 0 Å². The first-order valence-corrected chi connectivity index (χ1v) is 8.02. The fourth-order valence-electron chi connectivity index (χ4n) is 2.96. The van der Waals surface area contributed by atoms with Crippen LogP contribution in [-0.2, 0) is 13.1 Å². The number of amides is 1. The van der Waals surface area contributed by atoms with Crippen LogP contribution in [0.2, 0.25) is 0 Å². The summed E-state index contributed by atoms with van der Waals surface area (Å²) >= 11 is 0. The van der Waals surface area contributed by atoms with Crippen molar-refractivity contribution in [3.8, 4) is 17.1 Å². The lowest BCUT2D eigenvalue weighted by molar-refractivity contribution is 0.0708. The van der Waals surface area contributed by atoms with Gasteiger partial charge in [-0.05, 0) is 36.4 Å². The van der Waals surface area contributed by atoms with Crippen LogP contribution in [0.25, 0.3) is 11.4 Å². The number of ether oxygens (including phenoxy) is 1. The lowest BCUT2D eigenvalue weighted by Crippen LogP contribution is -2.38. The van der Waals surface area contributed by atoms with Crippen LogP contribution in [0.4, 0.5) is 0 Å². The highest BCUT2D eigenvalue weighted by Crippen LogP contribution is 2.22. The Morgan fingerprint density at radius 2 is 1.96 bits per heavy atom. The van der Waals surface area contributed by atoms with Gasteiger partial charge < -0.3 is 14.2 Å². The van der Waals surface area contributed by atoms with Crippen molar-refractivity contribution in [2.45, 2.75) is 13.1 Å². The summed E-state index contributed by atoms with van der Waals surface area (Å²) in [6.07, 6.45) is 3.50. The molecule has 7 nitrogen and oxygen atoms in total. The van der Waals surface area contributed by atoms with Gasteiger partial charge >= 0.3 is 0 Å². The predicted molar refractivity (Wildman–Crippen MR) is 91.0 cm³/mol. The molecule has 126 valence electrons. The minimum Gasteiger partial charge on any atom is -0.497 e. The molecule has 0 saturated heterocycles. The van der Waals surface area contributed by atoms with Crippen LogP contribution in [-0.4, -0.2) is 44.2 Å². The number of aromatic nitrogens is 4. The zero-order valence-electron chi connectivity index (χ0n) is 13.8. The van der Waals surface area contributed by atoms with E-state index in [9.17, 15) is 4.79 Å². The molecule has 0 radical (unpaired) electrons. The summed E-state index contributed by atoms with van der Waals surface area (Å²) in [6, 6.07) is 11.0. The van der Waals surface area contributed by atoms with E-state index in [2.05, 4.69) is 19.7 Å². The summed E-state index contributed by atoms with van der Waals surface area (Å²) in [7, 11) is 1.61. The summed E-state index contributed by atoms with van der Waals surface area (Å²) in [6.45, 7) is 1.72. The van der Waals surface area contributed by atoms with Gasteiger partial charge in [-0.3, -0.25) is 9.78 Å². The van der Waals surface area contributed by atoms with E-state index in [0.717, 1.165) is 23.0 Å². The van der Waals surface area contributed by atoms with E-state index >= 15 is 0 Å². The first-order valence-electron chi connectivity index (χ1n) is 8.02. The Bertz CT molecular complexity index is 890. The van der Waals surface area contributed by atoms with E-state index in [4.69, 9.17) is 4.74 Å². The van der Waals surface area contributed by atoms with E-state index < -0.39 is 0 Å². The van der Waals surface area contributed by atoms with Crippen molar-refractivity contribution in [1.29, 1.82) is 0 Å². The highest BCUT2D eigenvalue weighted by atomic mass is 16.5. The molecule has 0 saturated carbocycles. The van der Waals surface area contributed by atoms with Crippen molar-refractivity contribution in [2.24, 2.45) is 0 Å². The average Bonchev–Trinajstić information content (AvgIpc) is 3.11. The van der Waals surface area contributed by atoms with Gasteiger partial charge in [-0.15, -0.1) is 10.2 Å². The lowest BCUT2D eigenvalue weighted by Gasteiger charge is -2.28. The van der Waals surface area contributed by atoms with Crippen molar-refractivity contribution in [2.75, 3.05) is 13.7 Å². The number of rotatable bonds is 3. The van der Waals surface area contributed by atoms with Gasteiger partial charge in [0.1, 0.15) is 5.75 Å². The van der Waals surface area contributed by atoms with Crippen LogP contribution in [0, 0.1) is 0 Å². The Balaban J connectivity index is 1.55. The van der Waals surface area contributed by atoms with E-state index in [1.54, 1.807) is 48.7 Å². The van der Waals surface area contributed by atoms with Crippen molar-refractivity contribution in [3.63, 3.8) is 0 Å². The van der Waals surface area contributed by atoms with Crippen molar-refractivity contribution in [1.82, 2.24) is 24.6 Å². The van der Waals surface area contributed by atoms with Crippen molar-refractivity contribution in [3.05, 3.63) is 60.2 Å². The molecule has 4 rings (SSSR count). The Morgan fingerprint density at radius 3 is 2.68 bits per heavy atom. The molecule has 1 aliphatic heterocycles. The first kappa shape index (κ1) is 15.3. The molecule has 0 aliphatic carbocycles. The summed E-state index contributed by atoms with van der Waals surface area (Å²) in [5, 5.41) is 8.53. The lowest BCUT2D eigenvalue weighted by atomic mass is 10.1. The molecule has 1 aliphatic rings. The molecule has 1 amide bonds. The Hall–Kier alpha value is -3.22. The molecule has 7 heteroatoms. The normalized spacial score (nSPS) is 13.4. The molecular weight excluding hydrogens is 318 g/mol. The van der Waals surface area contributed by atoms with Crippen LogP contribution in [0.5, 0.6) is 5.75 Å². The fraction of sp³-hybridized carbons (Fsp3) is 0.222. The van der Waals surface area contributed by atoms with Gasteiger partial charge in [0.2, 0.25) is 0 Å². The molecule has 3 heterocycles. The second kappa shape index (κ2) is 6.35. The van der Waals surface area contributed by atoms with Crippen LogP contribution in [0.3, 0.4) is 0 Å². The molecule has 0 fully saturated rings. The number of methoxy groups -OCH3 is 1. The van der Waals surface area contributed by atoms with Crippen molar-refractivity contribution < 1.29 is 9.53 Å². The number of nitrogens with zero attached hydrogens (tertiary/aromatic N) is 5. The van der Waals surface area contributed by atoms with Gasteiger partial charge in [0.05, 0.1) is 13.7 Å². The number of hydrogen-bond acceptors (Lipinski definition) is 5. The second-order valence-corrected chi connectivity index (χ2v) is 5.79. The second-order valence-electron chi connectivity index (χ2n) is 5.79. The predicted octanol–water partition coefficient (Wildman–Crippen LogP) is 2.00. The first-order chi connectivity index (χ1) is 12.3. The number of benzene rings is 1. The Kier molecular flexibility index (Phi) is 3.89. The van der Waals surface area contributed by atoms with Crippen LogP contribution in [0.15, 0.2) is 48.8 Å². The van der Waals surface area contributed by atoms with E-state index in [1.807, 2.05) is 12.1 Å². The quantitative estimate of drug-likeness (QED) is 0.732. The van der Waals surface area contributed by atoms with Gasteiger partial charge in [0.15, 0.2) is 11.6 Å². The molecule has 25 heavy (non-hydrogen) atoms. The largest absolute Gasteiger partial charge is 0.497 e. The maximum absolute atomic E-state index is 12.7. The molecule has 2 aromatic heterocycles. The molecule has 1 aromatic carbocycles. The smallest absolute Gasteiger partial charge is 0.254 e. The van der Waals surface area contributed by atoms with E-state index in [1.165, 1.54) is 0 Å². The molecule has 0 bridgehead atoms. The summed E-state index contributed by atoms with van der Waals surface area (Å²) in [5.41, 5.74) is 1.57. The molecule has 0 N–H and O–H groups in total. The van der Waals surface area contributed by atoms with Crippen LogP contribution in [0.1, 0.15) is 16.2 Å². The SMILES string of the molecule is COc1ccc(C(=O)N2CCn3c(nnc3-c3cccnc3)C2)cc1. The number of pyridine rings is 1. The molecule has 0 spiro atoms. The zero-order valence-corrected chi connectivity index (χ0v) is 13.8.